The molecule has 0 unspecified atom stereocenters. The molecule has 0 bridgehead atoms. The lowest BCUT2D eigenvalue weighted by Gasteiger charge is -2.11. The Bertz CT molecular complexity index is 659. The van der Waals surface area contributed by atoms with Crippen molar-refractivity contribution in [1.29, 1.82) is 0 Å². The Morgan fingerprint density at radius 1 is 1.23 bits per heavy atom. The van der Waals surface area contributed by atoms with Gasteiger partial charge in [-0.05, 0) is 30.7 Å². The van der Waals surface area contributed by atoms with E-state index in [1.54, 1.807) is 7.11 Å². The number of benzene rings is 2. The van der Waals surface area contributed by atoms with Crippen LogP contribution in [-0.2, 0) is 11.3 Å². The number of hydrogen-bond acceptors (Lipinski definition) is 3. The third-order valence-electron chi connectivity index (χ3n) is 3.29. The van der Waals surface area contributed by atoms with Crippen molar-refractivity contribution >= 4 is 27.5 Å². The number of nitrogens with one attached hydrogen (secondary N) is 2. The van der Waals surface area contributed by atoms with E-state index in [1.807, 2.05) is 49.4 Å². The number of rotatable bonds is 6. The molecule has 0 aliphatic carbocycles. The first-order valence-corrected chi connectivity index (χ1v) is 7.78. The highest BCUT2D eigenvalue weighted by molar-refractivity contribution is 9.10. The van der Waals surface area contributed by atoms with Gasteiger partial charge < -0.3 is 15.4 Å². The molecule has 22 heavy (non-hydrogen) atoms. The minimum Gasteiger partial charge on any atom is -0.496 e. The van der Waals surface area contributed by atoms with Crippen molar-refractivity contribution in [2.45, 2.75) is 13.5 Å². The maximum Gasteiger partial charge on any atom is 0.239 e. The monoisotopic (exact) mass is 362 g/mol. The Kier molecular flexibility index (Phi) is 5.83. The van der Waals surface area contributed by atoms with Crippen LogP contribution >= 0.6 is 15.9 Å². The number of methoxy groups -OCH3 is 1. The molecule has 2 aromatic rings. The number of anilines is 1. The second kappa shape index (κ2) is 7.84. The Labute approximate surface area is 139 Å². The summed E-state index contributed by atoms with van der Waals surface area (Å²) in [6.07, 6.45) is 0. The first-order chi connectivity index (χ1) is 10.6. The van der Waals surface area contributed by atoms with Gasteiger partial charge in [0.2, 0.25) is 5.91 Å². The van der Waals surface area contributed by atoms with E-state index in [1.165, 1.54) is 0 Å². The molecule has 2 rings (SSSR count). The van der Waals surface area contributed by atoms with Crippen molar-refractivity contribution in [3.05, 3.63) is 58.1 Å². The van der Waals surface area contributed by atoms with Gasteiger partial charge in [0.15, 0.2) is 0 Å². The highest BCUT2D eigenvalue weighted by Gasteiger charge is 2.05. The Balaban J connectivity index is 1.84. The number of amides is 1. The van der Waals surface area contributed by atoms with Crippen molar-refractivity contribution < 1.29 is 9.53 Å². The van der Waals surface area contributed by atoms with Gasteiger partial charge in [-0.2, -0.15) is 0 Å². The zero-order valence-corrected chi connectivity index (χ0v) is 14.2. The van der Waals surface area contributed by atoms with Crippen molar-refractivity contribution in [3.8, 4) is 5.75 Å². The van der Waals surface area contributed by atoms with Gasteiger partial charge in [-0.3, -0.25) is 4.79 Å². The van der Waals surface area contributed by atoms with Crippen molar-refractivity contribution in [2.24, 2.45) is 0 Å². The minimum absolute atomic E-state index is 0.0670. The van der Waals surface area contributed by atoms with Gasteiger partial charge in [0.05, 0.1) is 13.7 Å². The van der Waals surface area contributed by atoms with Crippen LogP contribution in [0.25, 0.3) is 0 Å². The van der Waals surface area contributed by atoms with Crippen LogP contribution in [0.2, 0.25) is 0 Å². The second-order valence-corrected chi connectivity index (χ2v) is 5.76. The van der Waals surface area contributed by atoms with Crippen LogP contribution in [-0.4, -0.2) is 19.6 Å². The number of para-hydroxylation sites is 1. The van der Waals surface area contributed by atoms with E-state index in [0.717, 1.165) is 27.0 Å². The van der Waals surface area contributed by atoms with E-state index >= 15 is 0 Å². The zero-order chi connectivity index (χ0) is 15.9. The topological polar surface area (TPSA) is 50.4 Å². The van der Waals surface area contributed by atoms with Crippen LogP contribution in [0.5, 0.6) is 5.75 Å². The summed E-state index contributed by atoms with van der Waals surface area (Å²) < 4.78 is 6.28. The average Bonchev–Trinajstić information content (AvgIpc) is 2.54. The third-order valence-corrected chi connectivity index (χ3v) is 4.15. The molecule has 0 heterocycles. The quantitative estimate of drug-likeness (QED) is 0.826. The van der Waals surface area contributed by atoms with Crippen molar-refractivity contribution in [1.82, 2.24) is 5.32 Å². The molecule has 1 amide bonds. The molecule has 0 spiro atoms. The van der Waals surface area contributed by atoms with Crippen molar-refractivity contribution in [2.75, 3.05) is 19.0 Å². The highest BCUT2D eigenvalue weighted by Crippen LogP contribution is 2.20. The molecule has 2 aromatic carbocycles. The van der Waals surface area contributed by atoms with Crippen LogP contribution in [0.15, 0.2) is 46.9 Å². The predicted molar refractivity (Wildman–Crippen MR) is 92.2 cm³/mol. The number of halogens is 1. The summed E-state index contributed by atoms with van der Waals surface area (Å²) in [6.45, 7) is 2.70. The summed E-state index contributed by atoms with van der Waals surface area (Å²) in [6, 6.07) is 13.6. The van der Waals surface area contributed by atoms with Gasteiger partial charge in [-0.25, -0.2) is 0 Å². The molecular weight excluding hydrogens is 344 g/mol. The molecule has 0 saturated heterocycles. The first-order valence-electron chi connectivity index (χ1n) is 6.99. The van der Waals surface area contributed by atoms with Gasteiger partial charge in [-0.1, -0.05) is 40.2 Å². The Morgan fingerprint density at radius 2 is 2.00 bits per heavy atom. The molecular formula is C17H19BrN2O2. The highest BCUT2D eigenvalue weighted by atomic mass is 79.9. The van der Waals surface area contributed by atoms with Crippen LogP contribution in [0.3, 0.4) is 0 Å². The van der Waals surface area contributed by atoms with E-state index in [2.05, 4.69) is 26.6 Å². The second-order valence-electron chi connectivity index (χ2n) is 4.91. The smallest absolute Gasteiger partial charge is 0.239 e. The molecule has 116 valence electrons. The van der Waals surface area contributed by atoms with Crippen LogP contribution in [0.1, 0.15) is 11.1 Å². The van der Waals surface area contributed by atoms with Gasteiger partial charge in [0.1, 0.15) is 5.75 Å². The molecule has 0 atom stereocenters. The summed E-state index contributed by atoms with van der Waals surface area (Å²) in [7, 11) is 1.62. The van der Waals surface area contributed by atoms with Gasteiger partial charge in [0, 0.05) is 22.3 Å². The maximum atomic E-state index is 11.9. The summed E-state index contributed by atoms with van der Waals surface area (Å²) >= 11 is 3.48. The fraction of sp³-hybridized carbons (Fsp3) is 0.235. The number of carbonyl (C=O) groups excluding carboxylic acids is 1. The molecule has 0 aliphatic heterocycles. The molecule has 0 radical (unpaired) electrons. The lowest BCUT2D eigenvalue weighted by Crippen LogP contribution is -2.29. The Morgan fingerprint density at radius 3 is 2.73 bits per heavy atom. The fourth-order valence-electron chi connectivity index (χ4n) is 1.99. The van der Waals surface area contributed by atoms with Crippen LogP contribution in [0, 0.1) is 6.92 Å². The van der Waals surface area contributed by atoms with E-state index < -0.39 is 0 Å². The normalized spacial score (nSPS) is 10.1. The molecule has 0 saturated carbocycles. The predicted octanol–water partition coefficient (Wildman–Crippen LogP) is 3.49. The molecule has 0 aliphatic rings. The number of aryl methyl sites for hydroxylation is 1. The standard InChI is InChI=1S/C17H19BrN2O2/c1-12-7-8-14(9-15(12)18)19-11-17(21)20-10-13-5-3-4-6-16(13)22-2/h3-9,19H,10-11H2,1-2H3,(H,20,21). The van der Waals surface area contributed by atoms with Crippen molar-refractivity contribution in [3.63, 3.8) is 0 Å². The summed E-state index contributed by atoms with van der Waals surface area (Å²) in [5.74, 6) is 0.709. The van der Waals surface area contributed by atoms with Crippen LogP contribution < -0.4 is 15.4 Å². The molecule has 0 fully saturated rings. The van der Waals surface area contributed by atoms with E-state index in [-0.39, 0.29) is 12.5 Å². The van der Waals surface area contributed by atoms with E-state index in [9.17, 15) is 4.79 Å². The average molecular weight is 363 g/mol. The summed E-state index contributed by atoms with van der Waals surface area (Å²) in [5.41, 5.74) is 3.02. The number of ether oxygens (including phenoxy) is 1. The van der Waals surface area contributed by atoms with Gasteiger partial charge in [-0.15, -0.1) is 0 Å². The lowest BCUT2D eigenvalue weighted by molar-refractivity contribution is -0.119. The largest absolute Gasteiger partial charge is 0.496 e. The molecule has 4 nitrogen and oxygen atoms in total. The third kappa shape index (κ3) is 4.49. The Hall–Kier alpha value is -2.01. The summed E-state index contributed by atoms with van der Waals surface area (Å²) in [5, 5.41) is 5.98. The van der Waals surface area contributed by atoms with Gasteiger partial charge >= 0.3 is 0 Å². The lowest BCUT2D eigenvalue weighted by atomic mass is 10.2. The number of hydrogen-bond donors (Lipinski definition) is 2. The SMILES string of the molecule is COc1ccccc1CNC(=O)CNc1ccc(C)c(Br)c1. The maximum absolute atomic E-state index is 11.9. The van der Waals surface area contributed by atoms with E-state index in [0.29, 0.717) is 6.54 Å². The number of carbonyl (C=O) groups is 1. The molecule has 5 heteroatoms. The summed E-state index contributed by atoms with van der Waals surface area (Å²) in [4.78, 5) is 11.9. The fourth-order valence-corrected chi connectivity index (χ4v) is 2.37. The molecule has 0 aromatic heterocycles. The van der Waals surface area contributed by atoms with Gasteiger partial charge in [0.25, 0.3) is 0 Å². The van der Waals surface area contributed by atoms with E-state index in [4.69, 9.17) is 4.74 Å². The first kappa shape index (κ1) is 16.4. The minimum atomic E-state index is -0.0670. The van der Waals surface area contributed by atoms with Crippen LogP contribution in [0.4, 0.5) is 5.69 Å². The zero-order valence-electron chi connectivity index (χ0n) is 12.7. The molecule has 2 N–H and O–H groups in total.